The van der Waals surface area contributed by atoms with E-state index in [2.05, 4.69) is 10.6 Å². The van der Waals surface area contributed by atoms with Gasteiger partial charge in [-0.05, 0) is 61.0 Å². The minimum Gasteiger partial charge on any atom is -0.495 e. The summed E-state index contributed by atoms with van der Waals surface area (Å²) in [5, 5.41) is 5.96. The molecule has 0 fully saturated rings. The molecule has 3 rings (SSSR count). The number of amides is 1. The molecule has 0 aliphatic heterocycles. The molecule has 0 saturated heterocycles. The predicted molar refractivity (Wildman–Crippen MR) is 108 cm³/mol. The SMILES string of the molecule is COc1ccc(C)cc1NC(=O)CNc1ccc(Oc2ccccc2)cc1. The third-order valence-corrected chi connectivity index (χ3v) is 3.92. The first-order valence-electron chi connectivity index (χ1n) is 8.65. The van der Waals surface area contributed by atoms with Gasteiger partial charge >= 0.3 is 0 Å². The second-order valence-corrected chi connectivity index (χ2v) is 6.04. The van der Waals surface area contributed by atoms with Gasteiger partial charge in [0, 0.05) is 5.69 Å². The molecule has 0 aromatic heterocycles. The monoisotopic (exact) mass is 362 g/mol. The molecule has 0 bridgehead atoms. The van der Waals surface area contributed by atoms with Gasteiger partial charge in [0.1, 0.15) is 17.2 Å². The highest BCUT2D eigenvalue weighted by atomic mass is 16.5. The Balaban J connectivity index is 1.54. The smallest absolute Gasteiger partial charge is 0.243 e. The number of benzene rings is 3. The van der Waals surface area contributed by atoms with Gasteiger partial charge in [-0.2, -0.15) is 0 Å². The van der Waals surface area contributed by atoms with Crippen molar-refractivity contribution in [3.05, 3.63) is 78.4 Å². The number of ether oxygens (including phenoxy) is 2. The van der Waals surface area contributed by atoms with Crippen molar-refractivity contribution in [2.75, 3.05) is 24.3 Å². The molecule has 5 heteroatoms. The van der Waals surface area contributed by atoms with Gasteiger partial charge in [0.25, 0.3) is 0 Å². The summed E-state index contributed by atoms with van der Waals surface area (Å²) in [4.78, 5) is 12.2. The summed E-state index contributed by atoms with van der Waals surface area (Å²) < 4.78 is 11.0. The Hall–Kier alpha value is -3.47. The first-order chi connectivity index (χ1) is 13.1. The van der Waals surface area contributed by atoms with Gasteiger partial charge in [0.05, 0.1) is 19.3 Å². The zero-order valence-corrected chi connectivity index (χ0v) is 15.4. The largest absolute Gasteiger partial charge is 0.495 e. The number of carbonyl (C=O) groups excluding carboxylic acids is 1. The van der Waals surface area contributed by atoms with Crippen LogP contribution in [-0.2, 0) is 4.79 Å². The molecule has 2 N–H and O–H groups in total. The van der Waals surface area contributed by atoms with Gasteiger partial charge in [-0.1, -0.05) is 24.3 Å². The lowest BCUT2D eigenvalue weighted by Gasteiger charge is -2.12. The summed E-state index contributed by atoms with van der Waals surface area (Å²) in [5.74, 6) is 2.00. The van der Waals surface area contributed by atoms with E-state index in [0.29, 0.717) is 11.4 Å². The van der Waals surface area contributed by atoms with Crippen LogP contribution in [0.25, 0.3) is 0 Å². The number of hydrogen-bond acceptors (Lipinski definition) is 4. The van der Waals surface area contributed by atoms with Gasteiger partial charge in [-0.3, -0.25) is 4.79 Å². The van der Waals surface area contributed by atoms with Crippen LogP contribution in [0.5, 0.6) is 17.2 Å². The van der Waals surface area contributed by atoms with Gasteiger partial charge in [0.2, 0.25) is 5.91 Å². The molecule has 0 unspecified atom stereocenters. The molecule has 5 nitrogen and oxygen atoms in total. The van der Waals surface area contributed by atoms with Crippen molar-refractivity contribution in [1.29, 1.82) is 0 Å². The van der Waals surface area contributed by atoms with Gasteiger partial charge in [0.15, 0.2) is 0 Å². The zero-order valence-electron chi connectivity index (χ0n) is 15.4. The zero-order chi connectivity index (χ0) is 19.1. The van der Waals surface area contributed by atoms with Crippen LogP contribution in [-0.4, -0.2) is 19.6 Å². The Labute approximate surface area is 158 Å². The van der Waals surface area contributed by atoms with Crippen LogP contribution in [0.4, 0.5) is 11.4 Å². The second-order valence-electron chi connectivity index (χ2n) is 6.04. The topological polar surface area (TPSA) is 59.6 Å². The summed E-state index contributed by atoms with van der Waals surface area (Å²) in [6.45, 7) is 2.11. The van der Waals surface area contributed by atoms with E-state index in [4.69, 9.17) is 9.47 Å². The summed E-state index contributed by atoms with van der Waals surface area (Å²) in [6, 6.07) is 22.7. The third kappa shape index (κ3) is 5.25. The molecule has 3 aromatic rings. The second kappa shape index (κ2) is 8.76. The summed E-state index contributed by atoms with van der Waals surface area (Å²) in [7, 11) is 1.58. The van der Waals surface area contributed by atoms with Crippen LogP contribution in [0.1, 0.15) is 5.56 Å². The third-order valence-electron chi connectivity index (χ3n) is 3.92. The molecule has 0 radical (unpaired) electrons. The standard InChI is InChI=1S/C22H22N2O3/c1-16-8-13-21(26-2)20(14-16)24-22(25)15-23-17-9-11-19(12-10-17)27-18-6-4-3-5-7-18/h3-14,23H,15H2,1-2H3,(H,24,25). The quantitative estimate of drug-likeness (QED) is 0.631. The van der Waals surface area contributed by atoms with Crippen molar-refractivity contribution < 1.29 is 14.3 Å². The Bertz CT molecular complexity index is 893. The van der Waals surface area contributed by atoms with Crippen molar-refractivity contribution in [1.82, 2.24) is 0 Å². The molecule has 0 heterocycles. The minimum absolute atomic E-state index is 0.149. The van der Waals surface area contributed by atoms with Crippen molar-refractivity contribution in [2.24, 2.45) is 0 Å². The molecule has 0 saturated carbocycles. The number of para-hydroxylation sites is 1. The summed E-state index contributed by atoms with van der Waals surface area (Å²) >= 11 is 0. The Morgan fingerprint density at radius 1 is 0.926 bits per heavy atom. The van der Waals surface area contributed by atoms with Crippen LogP contribution in [0.2, 0.25) is 0 Å². The first-order valence-corrected chi connectivity index (χ1v) is 8.65. The normalized spacial score (nSPS) is 10.1. The Morgan fingerprint density at radius 2 is 1.63 bits per heavy atom. The van der Waals surface area contributed by atoms with Gasteiger partial charge < -0.3 is 20.1 Å². The van der Waals surface area contributed by atoms with E-state index < -0.39 is 0 Å². The number of anilines is 2. The fraction of sp³-hybridized carbons (Fsp3) is 0.136. The maximum Gasteiger partial charge on any atom is 0.243 e. The summed E-state index contributed by atoms with van der Waals surface area (Å²) in [5.41, 5.74) is 2.55. The maximum atomic E-state index is 12.2. The van der Waals surface area contributed by atoms with Crippen LogP contribution >= 0.6 is 0 Å². The lowest BCUT2D eigenvalue weighted by molar-refractivity contribution is -0.114. The molecule has 0 spiro atoms. The lowest BCUT2D eigenvalue weighted by Crippen LogP contribution is -2.22. The van der Waals surface area contributed by atoms with E-state index in [9.17, 15) is 4.79 Å². The fourth-order valence-corrected chi connectivity index (χ4v) is 2.56. The average molecular weight is 362 g/mol. The molecule has 3 aromatic carbocycles. The number of rotatable bonds is 7. The Kier molecular flexibility index (Phi) is 5.94. The number of nitrogens with one attached hydrogen (secondary N) is 2. The Morgan fingerprint density at radius 3 is 2.33 bits per heavy atom. The highest BCUT2D eigenvalue weighted by Gasteiger charge is 2.08. The van der Waals surface area contributed by atoms with E-state index in [-0.39, 0.29) is 12.5 Å². The van der Waals surface area contributed by atoms with Crippen LogP contribution < -0.4 is 20.1 Å². The summed E-state index contributed by atoms with van der Waals surface area (Å²) in [6.07, 6.45) is 0. The molecule has 138 valence electrons. The van der Waals surface area contributed by atoms with Crippen molar-refractivity contribution in [3.63, 3.8) is 0 Å². The predicted octanol–water partition coefficient (Wildman–Crippen LogP) is 4.85. The molecular weight excluding hydrogens is 340 g/mol. The van der Waals surface area contributed by atoms with E-state index in [1.165, 1.54) is 0 Å². The lowest BCUT2D eigenvalue weighted by atomic mass is 10.2. The molecule has 0 atom stereocenters. The molecule has 27 heavy (non-hydrogen) atoms. The number of aryl methyl sites for hydroxylation is 1. The minimum atomic E-state index is -0.150. The van der Waals surface area contributed by atoms with E-state index in [0.717, 1.165) is 22.7 Å². The van der Waals surface area contributed by atoms with Crippen LogP contribution in [0.3, 0.4) is 0 Å². The molecule has 0 aliphatic rings. The highest BCUT2D eigenvalue weighted by Crippen LogP contribution is 2.25. The number of hydrogen-bond donors (Lipinski definition) is 2. The maximum absolute atomic E-state index is 12.2. The first kappa shape index (κ1) is 18.3. The van der Waals surface area contributed by atoms with Gasteiger partial charge in [-0.15, -0.1) is 0 Å². The highest BCUT2D eigenvalue weighted by molar-refractivity contribution is 5.95. The van der Waals surface area contributed by atoms with Crippen LogP contribution in [0, 0.1) is 6.92 Å². The number of methoxy groups -OCH3 is 1. The van der Waals surface area contributed by atoms with E-state index in [1.807, 2.05) is 79.7 Å². The van der Waals surface area contributed by atoms with Gasteiger partial charge in [-0.25, -0.2) is 0 Å². The average Bonchev–Trinajstić information content (AvgIpc) is 2.68. The molecule has 1 amide bonds. The van der Waals surface area contributed by atoms with Crippen molar-refractivity contribution in [2.45, 2.75) is 6.92 Å². The van der Waals surface area contributed by atoms with Crippen molar-refractivity contribution in [3.8, 4) is 17.2 Å². The fourth-order valence-electron chi connectivity index (χ4n) is 2.56. The van der Waals surface area contributed by atoms with Crippen molar-refractivity contribution >= 4 is 17.3 Å². The van der Waals surface area contributed by atoms with E-state index >= 15 is 0 Å². The molecule has 0 aliphatic carbocycles. The van der Waals surface area contributed by atoms with E-state index in [1.54, 1.807) is 7.11 Å². The van der Waals surface area contributed by atoms with Crippen LogP contribution in [0.15, 0.2) is 72.8 Å². The molecular formula is C22H22N2O3. The number of carbonyl (C=O) groups is 1.